The number of carbonyl (C=O) groups excluding carboxylic acids is 1. The number of aryl methyl sites for hydroxylation is 2. The Morgan fingerprint density at radius 1 is 1.29 bits per heavy atom. The van der Waals surface area contributed by atoms with E-state index in [1.165, 1.54) is 0 Å². The maximum atomic E-state index is 11.9. The van der Waals surface area contributed by atoms with Crippen molar-refractivity contribution in [3.8, 4) is 11.4 Å². The van der Waals surface area contributed by atoms with Gasteiger partial charge in [0.2, 0.25) is 0 Å². The van der Waals surface area contributed by atoms with E-state index < -0.39 is 0 Å². The minimum atomic E-state index is -0.230. The van der Waals surface area contributed by atoms with Crippen LogP contribution in [0.4, 0.5) is 10.5 Å². The minimum Gasteiger partial charge on any atom is -0.338 e. The van der Waals surface area contributed by atoms with Crippen LogP contribution in [0.5, 0.6) is 0 Å². The number of nitrogens with zero attached hydrogens (tertiary/aromatic N) is 5. The van der Waals surface area contributed by atoms with Gasteiger partial charge in [-0.1, -0.05) is 12.1 Å². The van der Waals surface area contributed by atoms with Crippen LogP contribution in [0.1, 0.15) is 6.42 Å². The number of urea groups is 1. The summed E-state index contributed by atoms with van der Waals surface area (Å²) < 4.78 is 3.62. The van der Waals surface area contributed by atoms with Crippen molar-refractivity contribution < 1.29 is 4.79 Å². The molecule has 0 fully saturated rings. The van der Waals surface area contributed by atoms with Crippen molar-refractivity contribution in [3.63, 3.8) is 0 Å². The Kier molecular flexibility index (Phi) is 4.85. The predicted molar refractivity (Wildman–Crippen MR) is 90.3 cm³/mol. The minimum absolute atomic E-state index is 0.230. The third kappa shape index (κ3) is 4.19. The molecule has 2 aromatic heterocycles. The number of anilines is 1. The van der Waals surface area contributed by atoms with Crippen molar-refractivity contribution in [1.29, 1.82) is 0 Å². The number of rotatable bonds is 6. The molecule has 2 amide bonds. The van der Waals surface area contributed by atoms with E-state index in [2.05, 4.69) is 25.7 Å². The van der Waals surface area contributed by atoms with Crippen LogP contribution in [0.25, 0.3) is 11.4 Å². The number of nitrogens with one attached hydrogen (secondary N) is 2. The van der Waals surface area contributed by atoms with E-state index >= 15 is 0 Å². The van der Waals surface area contributed by atoms with Crippen LogP contribution in [0.2, 0.25) is 0 Å². The van der Waals surface area contributed by atoms with Crippen LogP contribution in [-0.2, 0) is 13.6 Å². The molecule has 24 heavy (non-hydrogen) atoms. The average molecular weight is 325 g/mol. The van der Waals surface area contributed by atoms with E-state index in [0.29, 0.717) is 18.1 Å². The smallest absolute Gasteiger partial charge is 0.319 e. The molecule has 3 aromatic rings. The highest BCUT2D eigenvalue weighted by Gasteiger charge is 2.06. The van der Waals surface area contributed by atoms with Crippen LogP contribution < -0.4 is 10.6 Å². The largest absolute Gasteiger partial charge is 0.338 e. The monoisotopic (exact) mass is 325 g/mol. The first-order valence-electron chi connectivity index (χ1n) is 7.67. The van der Waals surface area contributed by atoms with Crippen LogP contribution >= 0.6 is 0 Å². The van der Waals surface area contributed by atoms with E-state index in [9.17, 15) is 4.79 Å². The van der Waals surface area contributed by atoms with Gasteiger partial charge in [-0.2, -0.15) is 5.10 Å². The van der Waals surface area contributed by atoms with Gasteiger partial charge in [-0.3, -0.25) is 4.68 Å². The SMILES string of the molecule is Cn1cnc(-c2cccc(NC(=O)NCCCn3ccnc3)c2)n1. The van der Waals surface area contributed by atoms with Crippen LogP contribution in [0.15, 0.2) is 49.3 Å². The molecule has 0 aliphatic rings. The lowest BCUT2D eigenvalue weighted by Crippen LogP contribution is -2.30. The lowest BCUT2D eigenvalue weighted by molar-refractivity contribution is 0.252. The van der Waals surface area contributed by atoms with Crippen molar-refractivity contribution in [2.75, 3.05) is 11.9 Å². The normalized spacial score (nSPS) is 10.5. The molecular weight excluding hydrogens is 306 g/mol. The van der Waals surface area contributed by atoms with Crippen molar-refractivity contribution >= 4 is 11.7 Å². The number of amides is 2. The van der Waals surface area contributed by atoms with Crippen LogP contribution in [0.3, 0.4) is 0 Å². The molecule has 0 aliphatic carbocycles. The van der Waals surface area contributed by atoms with E-state index in [-0.39, 0.29) is 6.03 Å². The molecule has 0 saturated heterocycles. The summed E-state index contributed by atoms with van der Waals surface area (Å²) in [5, 5.41) is 9.91. The van der Waals surface area contributed by atoms with E-state index in [0.717, 1.165) is 18.5 Å². The molecule has 0 saturated carbocycles. The van der Waals surface area contributed by atoms with Gasteiger partial charge >= 0.3 is 6.03 Å². The summed E-state index contributed by atoms with van der Waals surface area (Å²) in [4.78, 5) is 20.1. The summed E-state index contributed by atoms with van der Waals surface area (Å²) in [6, 6.07) is 7.22. The zero-order valence-electron chi connectivity index (χ0n) is 13.4. The first kappa shape index (κ1) is 15.7. The fraction of sp³-hybridized carbons (Fsp3) is 0.250. The lowest BCUT2D eigenvalue weighted by atomic mass is 10.2. The molecule has 0 spiro atoms. The molecule has 0 radical (unpaired) electrons. The van der Waals surface area contributed by atoms with Gasteiger partial charge in [0.05, 0.1) is 6.33 Å². The number of benzene rings is 1. The fourth-order valence-corrected chi connectivity index (χ4v) is 2.27. The number of aromatic nitrogens is 5. The predicted octanol–water partition coefficient (Wildman–Crippen LogP) is 1.89. The van der Waals surface area contributed by atoms with Gasteiger partial charge < -0.3 is 15.2 Å². The summed E-state index contributed by atoms with van der Waals surface area (Å²) in [5.41, 5.74) is 1.56. The topological polar surface area (TPSA) is 89.7 Å². The maximum absolute atomic E-state index is 11.9. The molecule has 2 N–H and O–H groups in total. The quantitative estimate of drug-likeness (QED) is 0.677. The summed E-state index contributed by atoms with van der Waals surface area (Å²) in [5.74, 6) is 0.627. The Bertz CT molecular complexity index is 794. The Hall–Kier alpha value is -3.16. The number of hydrogen-bond acceptors (Lipinski definition) is 4. The van der Waals surface area contributed by atoms with Crippen LogP contribution in [-0.4, -0.2) is 36.9 Å². The summed E-state index contributed by atoms with van der Waals surface area (Å²) in [6.07, 6.45) is 7.88. The van der Waals surface area contributed by atoms with Gasteiger partial charge in [0.1, 0.15) is 6.33 Å². The Morgan fingerprint density at radius 3 is 2.96 bits per heavy atom. The van der Waals surface area contributed by atoms with E-state index in [1.807, 2.05) is 42.1 Å². The Morgan fingerprint density at radius 2 is 2.21 bits per heavy atom. The number of imidazole rings is 1. The van der Waals surface area contributed by atoms with Gasteiger partial charge in [-0.15, -0.1) is 0 Å². The first-order chi connectivity index (χ1) is 11.7. The zero-order valence-corrected chi connectivity index (χ0v) is 13.4. The Labute approximate surface area is 139 Å². The van der Waals surface area contributed by atoms with Gasteiger partial charge in [0.25, 0.3) is 0 Å². The molecule has 0 aliphatic heterocycles. The molecule has 8 heteroatoms. The lowest BCUT2D eigenvalue weighted by Gasteiger charge is -2.08. The molecule has 2 heterocycles. The summed E-state index contributed by atoms with van der Waals surface area (Å²) in [6.45, 7) is 1.41. The second-order valence-electron chi connectivity index (χ2n) is 5.36. The molecular formula is C16H19N7O. The molecule has 0 atom stereocenters. The Balaban J connectivity index is 1.49. The highest BCUT2D eigenvalue weighted by Crippen LogP contribution is 2.18. The first-order valence-corrected chi connectivity index (χ1v) is 7.67. The highest BCUT2D eigenvalue weighted by molar-refractivity contribution is 5.89. The molecule has 0 bridgehead atoms. The average Bonchev–Trinajstić information content (AvgIpc) is 3.23. The molecule has 1 aromatic carbocycles. The van der Waals surface area contributed by atoms with Gasteiger partial charge in [-0.05, 0) is 18.6 Å². The van der Waals surface area contributed by atoms with Crippen LogP contribution in [0, 0.1) is 0 Å². The highest BCUT2D eigenvalue weighted by atomic mass is 16.2. The fourth-order valence-electron chi connectivity index (χ4n) is 2.27. The number of carbonyl (C=O) groups is 1. The third-order valence-electron chi connectivity index (χ3n) is 3.42. The molecule has 0 unspecified atom stereocenters. The van der Waals surface area contributed by atoms with Gasteiger partial charge in [0.15, 0.2) is 5.82 Å². The summed E-state index contributed by atoms with van der Waals surface area (Å²) in [7, 11) is 1.82. The van der Waals surface area contributed by atoms with Crippen molar-refractivity contribution in [3.05, 3.63) is 49.3 Å². The standard InChI is InChI=1S/C16H19N7O/c1-22-12-19-15(21-22)13-4-2-5-14(10-13)20-16(24)18-6-3-8-23-9-7-17-11-23/h2,4-5,7,9-12H,3,6,8H2,1H3,(H2,18,20,24). The summed E-state index contributed by atoms with van der Waals surface area (Å²) >= 11 is 0. The maximum Gasteiger partial charge on any atom is 0.319 e. The molecule has 8 nitrogen and oxygen atoms in total. The second-order valence-corrected chi connectivity index (χ2v) is 5.36. The number of hydrogen-bond donors (Lipinski definition) is 2. The van der Waals surface area contributed by atoms with Crippen molar-refractivity contribution in [1.82, 2.24) is 29.6 Å². The zero-order chi connectivity index (χ0) is 16.8. The molecule has 124 valence electrons. The van der Waals surface area contributed by atoms with Crippen molar-refractivity contribution in [2.45, 2.75) is 13.0 Å². The second kappa shape index (κ2) is 7.40. The van der Waals surface area contributed by atoms with Crippen molar-refractivity contribution in [2.24, 2.45) is 7.05 Å². The third-order valence-corrected chi connectivity index (χ3v) is 3.42. The molecule has 3 rings (SSSR count). The van der Waals surface area contributed by atoms with Gasteiger partial charge in [0, 0.05) is 43.8 Å². The van der Waals surface area contributed by atoms with E-state index in [4.69, 9.17) is 0 Å². The van der Waals surface area contributed by atoms with Gasteiger partial charge in [-0.25, -0.2) is 14.8 Å². The van der Waals surface area contributed by atoms with E-state index in [1.54, 1.807) is 23.5 Å².